The molecule has 0 N–H and O–H groups in total. The third-order valence-corrected chi connectivity index (χ3v) is 4.14. The lowest BCUT2D eigenvalue weighted by atomic mass is 10.00. The number of carbonyl (C=O) groups is 1. The molecule has 2 aromatic rings. The first-order chi connectivity index (χ1) is 11.2. The molecule has 0 bridgehead atoms. The smallest absolute Gasteiger partial charge is 0.275 e. The average Bonchev–Trinajstić information content (AvgIpc) is 3.24. The van der Waals surface area contributed by atoms with Gasteiger partial charge >= 0.3 is 0 Å². The van der Waals surface area contributed by atoms with E-state index in [9.17, 15) is 4.79 Å². The quantitative estimate of drug-likeness (QED) is 0.848. The van der Waals surface area contributed by atoms with Crippen molar-refractivity contribution in [2.75, 3.05) is 20.2 Å². The first kappa shape index (κ1) is 15.5. The molecule has 122 valence electrons. The summed E-state index contributed by atoms with van der Waals surface area (Å²) in [6, 6.07) is 3.91. The molecule has 0 aromatic carbocycles. The summed E-state index contributed by atoms with van der Waals surface area (Å²) in [5.74, 6) is 1.44. The highest BCUT2D eigenvalue weighted by molar-refractivity contribution is 5.92. The summed E-state index contributed by atoms with van der Waals surface area (Å²) in [5, 5.41) is 0. The molecular weight excluding hydrogens is 294 g/mol. The Morgan fingerprint density at radius 2 is 2.39 bits per heavy atom. The van der Waals surface area contributed by atoms with Crippen molar-refractivity contribution in [1.82, 2.24) is 14.9 Å². The predicted molar refractivity (Wildman–Crippen MR) is 84.5 cm³/mol. The van der Waals surface area contributed by atoms with E-state index in [4.69, 9.17) is 9.15 Å². The molecule has 1 amide bonds. The summed E-state index contributed by atoms with van der Waals surface area (Å²) in [6.07, 6.45) is 5.77. The molecule has 0 aliphatic carbocycles. The number of carbonyl (C=O) groups excluding carboxylic acids is 1. The van der Waals surface area contributed by atoms with Crippen LogP contribution in [0.5, 0.6) is 5.88 Å². The normalized spacial score (nSPS) is 17.5. The van der Waals surface area contributed by atoms with Crippen LogP contribution in [-0.2, 0) is 6.42 Å². The Morgan fingerprint density at radius 3 is 3.17 bits per heavy atom. The summed E-state index contributed by atoms with van der Waals surface area (Å²) >= 11 is 0. The highest BCUT2D eigenvalue weighted by Crippen LogP contribution is 2.32. The number of hydrogen-bond acceptors (Lipinski definition) is 5. The van der Waals surface area contributed by atoms with Gasteiger partial charge in [-0.15, -0.1) is 0 Å². The van der Waals surface area contributed by atoms with Crippen molar-refractivity contribution in [1.29, 1.82) is 0 Å². The molecule has 0 spiro atoms. The van der Waals surface area contributed by atoms with Gasteiger partial charge in [-0.05, 0) is 18.9 Å². The van der Waals surface area contributed by atoms with Crippen molar-refractivity contribution in [2.45, 2.75) is 32.1 Å². The number of ether oxygens (including phenoxy) is 1. The van der Waals surface area contributed by atoms with E-state index in [1.165, 1.54) is 6.26 Å². The number of aryl methyl sites for hydroxylation is 1. The minimum atomic E-state index is -0.0681. The van der Waals surface area contributed by atoms with Crippen LogP contribution in [0.3, 0.4) is 0 Å². The van der Waals surface area contributed by atoms with Crippen LogP contribution < -0.4 is 4.74 Å². The maximum absolute atomic E-state index is 12.6. The Labute approximate surface area is 135 Å². The van der Waals surface area contributed by atoms with Gasteiger partial charge in [-0.3, -0.25) is 4.79 Å². The van der Waals surface area contributed by atoms with Crippen LogP contribution in [0, 0.1) is 0 Å². The molecule has 0 radical (unpaired) electrons. The van der Waals surface area contributed by atoms with Crippen LogP contribution in [-0.4, -0.2) is 41.0 Å². The number of nitrogens with zero attached hydrogens (tertiary/aromatic N) is 3. The fraction of sp³-hybridized carbons (Fsp3) is 0.471. The number of amides is 1. The zero-order chi connectivity index (χ0) is 16.2. The lowest BCUT2D eigenvalue weighted by Gasteiger charge is -2.16. The van der Waals surface area contributed by atoms with Crippen molar-refractivity contribution in [3.05, 3.63) is 41.7 Å². The van der Waals surface area contributed by atoms with E-state index in [0.29, 0.717) is 30.6 Å². The summed E-state index contributed by atoms with van der Waals surface area (Å²) < 4.78 is 10.7. The lowest BCUT2D eigenvalue weighted by Crippen LogP contribution is -2.28. The van der Waals surface area contributed by atoms with Crippen molar-refractivity contribution in [3.63, 3.8) is 0 Å². The number of likely N-dealkylation sites (tertiary alicyclic amines) is 1. The maximum Gasteiger partial charge on any atom is 0.275 e. The fourth-order valence-electron chi connectivity index (χ4n) is 2.98. The average molecular weight is 315 g/mol. The Balaban J connectivity index is 1.70. The summed E-state index contributed by atoms with van der Waals surface area (Å²) in [4.78, 5) is 22.9. The minimum absolute atomic E-state index is 0.0681. The van der Waals surface area contributed by atoms with Gasteiger partial charge in [-0.25, -0.2) is 9.97 Å². The molecular formula is C17H21N3O3. The fourth-order valence-corrected chi connectivity index (χ4v) is 2.98. The summed E-state index contributed by atoms with van der Waals surface area (Å²) in [6.45, 7) is 3.41. The van der Waals surface area contributed by atoms with E-state index in [0.717, 1.165) is 24.8 Å². The van der Waals surface area contributed by atoms with Crippen molar-refractivity contribution in [3.8, 4) is 5.88 Å². The highest BCUT2D eigenvalue weighted by atomic mass is 16.5. The number of hydrogen-bond donors (Lipinski definition) is 0. The predicted octanol–water partition coefficient (Wildman–Crippen LogP) is 2.66. The molecule has 1 saturated heterocycles. The molecule has 0 saturated carbocycles. The van der Waals surface area contributed by atoms with E-state index < -0.39 is 0 Å². The van der Waals surface area contributed by atoms with E-state index in [1.807, 2.05) is 17.0 Å². The van der Waals surface area contributed by atoms with Gasteiger partial charge in [0, 0.05) is 37.2 Å². The molecule has 1 aliphatic heterocycles. The Hall–Kier alpha value is -2.37. The largest absolute Gasteiger partial charge is 0.481 e. The van der Waals surface area contributed by atoms with Crippen LogP contribution in [0.1, 0.15) is 47.6 Å². The number of aromatic nitrogens is 2. The molecule has 23 heavy (non-hydrogen) atoms. The summed E-state index contributed by atoms with van der Waals surface area (Å²) in [7, 11) is 1.62. The number of pyridine rings is 1. The second-order valence-corrected chi connectivity index (χ2v) is 5.72. The highest BCUT2D eigenvalue weighted by Gasteiger charge is 2.31. The molecule has 6 nitrogen and oxygen atoms in total. The SMILES string of the molecule is CCCc1nc(C(=O)N2CCC(c3cccnc3OC)C2)co1. The van der Waals surface area contributed by atoms with Gasteiger partial charge < -0.3 is 14.1 Å². The molecule has 1 aliphatic rings. The van der Waals surface area contributed by atoms with Crippen LogP contribution >= 0.6 is 0 Å². The third kappa shape index (κ3) is 3.21. The van der Waals surface area contributed by atoms with Crippen molar-refractivity contribution in [2.24, 2.45) is 0 Å². The first-order valence-corrected chi connectivity index (χ1v) is 7.95. The Morgan fingerprint density at radius 1 is 1.52 bits per heavy atom. The standard InChI is InChI=1S/C17H21N3O3/c1-3-5-15-19-14(11-23-15)17(21)20-9-7-12(10-20)13-6-4-8-18-16(13)22-2/h4,6,8,11-12H,3,5,7,9-10H2,1-2H3. The molecule has 3 rings (SSSR count). The van der Waals surface area contributed by atoms with Crippen LogP contribution in [0.4, 0.5) is 0 Å². The molecule has 2 aromatic heterocycles. The Bertz CT molecular complexity index is 683. The summed E-state index contributed by atoms with van der Waals surface area (Å²) in [5.41, 5.74) is 1.45. The zero-order valence-corrected chi connectivity index (χ0v) is 13.5. The number of rotatable bonds is 5. The third-order valence-electron chi connectivity index (χ3n) is 4.14. The molecule has 1 fully saturated rings. The maximum atomic E-state index is 12.6. The molecule has 1 atom stereocenters. The van der Waals surface area contributed by atoms with Gasteiger partial charge in [0.05, 0.1) is 7.11 Å². The van der Waals surface area contributed by atoms with E-state index in [2.05, 4.69) is 16.9 Å². The van der Waals surface area contributed by atoms with Gasteiger partial charge in [0.1, 0.15) is 6.26 Å². The zero-order valence-electron chi connectivity index (χ0n) is 13.5. The van der Waals surface area contributed by atoms with Gasteiger partial charge in [0.25, 0.3) is 5.91 Å². The van der Waals surface area contributed by atoms with Crippen LogP contribution in [0.2, 0.25) is 0 Å². The van der Waals surface area contributed by atoms with E-state index in [-0.39, 0.29) is 11.8 Å². The second-order valence-electron chi connectivity index (χ2n) is 5.72. The van der Waals surface area contributed by atoms with E-state index in [1.54, 1.807) is 13.3 Å². The van der Waals surface area contributed by atoms with Gasteiger partial charge in [-0.1, -0.05) is 13.0 Å². The van der Waals surface area contributed by atoms with Crippen LogP contribution in [0.15, 0.2) is 29.0 Å². The van der Waals surface area contributed by atoms with Crippen molar-refractivity contribution < 1.29 is 13.9 Å². The van der Waals surface area contributed by atoms with Gasteiger partial charge in [0.2, 0.25) is 5.88 Å². The molecule has 6 heteroatoms. The van der Waals surface area contributed by atoms with E-state index >= 15 is 0 Å². The first-order valence-electron chi connectivity index (χ1n) is 7.95. The van der Waals surface area contributed by atoms with Gasteiger partial charge in [0.15, 0.2) is 11.6 Å². The van der Waals surface area contributed by atoms with Crippen molar-refractivity contribution >= 4 is 5.91 Å². The molecule has 1 unspecified atom stereocenters. The lowest BCUT2D eigenvalue weighted by molar-refractivity contribution is 0.0784. The number of methoxy groups -OCH3 is 1. The number of oxazole rings is 1. The minimum Gasteiger partial charge on any atom is -0.481 e. The van der Waals surface area contributed by atoms with Gasteiger partial charge in [-0.2, -0.15) is 0 Å². The monoisotopic (exact) mass is 315 g/mol. The van der Waals surface area contributed by atoms with Crippen LogP contribution in [0.25, 0.3) is 0 Å². The Kier molecular flexibility index (Phi) is 4.60. The topological polar surface area (TPSA) is 68.5 Å². The second kappa shape index (κ2) is 6.81. The molecule has 3 heterocycles.